The van der Waals surface area contributed by atoms with Crippen molar-refractivity contribution in [2.75, 3.05) is 18.8 Å². The fraction of sp³-hybridized carbons (Fsp3) is 1.00. The lowest BCUT2D eigenvalue weighted by molar-refractivity contribution is 0.316. The van der Waals surface area contributed by atoms with Crippen LogP contribution in [0.5, 0.6) is 0 Å². The Kier molecular flexibility index (Phi) is 6.56. The molecule has 0 rings (SSSR count). The first-order chi connectivity index (χ1) is 7.23. The second-order valence-electron chi connectivity index (χ2n) is 5.47. The molecule has 0 aromatic carbocycles. The van der Waals surface area contributed by atoms with Crippen LogP contribution in [0, 0.1) is 5.41 Å². The molecule has 0 aromatic rings. The standard InChI is InChI=1S/C12H27NO2S/c1-6-8-11-16(14,15)13(7-2)10-9-12(3,4)5/h6-11H2,1-5H3. The maximum absolute atomic E-state index is 12.0. The third kappa shape index (κ3) is 6.48. The zero-order valence-electron chi connectivity index (χ0n) is 11.4. The molecule has 4 heteroatoms. The highest BCUT2D eigenvalue weighted by molar-refractivity contribution is 7.89. The van der Waals surface area contributed by atoms with Gasteiger partial charge in [0.15, 0.2) is 0 Å². The summed E-state index contributed by atoms with van der Waals surface area (Å²) in [6.07, 6.45) is 2.59. The SMILES string of the molecule is CCCCS(=O)(=O)N(CC)CCC(C)(C)C. The Balaban J connectivity index is 4.37. The lowest BCUT2D eigenvalue weighted by atomic mass is 9.92. The Hall–Kier alpha value is -0.0900. The molecule has 0 saturated heterocycles. The minimum Gasteiger partial charge on any atom is -0.212 e. The topological polar surface area (TPSA) is 37.4 Å². The van der Waals surface area contributed by atoms with E-state index in [1.165, 1.54) is 0 Å². The largest absolute Gasteiger partial charge is 0.214 e. The molecule has 98 valence electrons. The average molecular weight is 249 g/mol. The summed E-state index contributed by atoms with van der Waals surface area (Å²) in [6.45, 7) is 11.6. The molecule has 0 radical (unpaired) electrons. The maximum Gasteiger partial charge on any atom is 0.214 e. The van der Waals surface area contributed by atoms with Gasteiger partial charge in [-0.3, -0.25) is 0 Å². The second kappa shape index (κ2) is 6.60. The third-order valence-corrected chi connectivity index (χ3v) is 4.65. The zero-order valence-corrected chi connectivity index (χ0v) is 12.2. The monoisotopic (exact) mass is 249 g/mol. The van der Waals surface area contributed by atoms with Crippen LogP contribution in [0.2, 0.25) is 0 Å². The Morgan fingerprint density at radius 1 is 1.12 bits per heavy atom. The van der Waals surface area contributed by atoms with Crippen LogP contribution in [-0.2, 0) is 10.0 Å². The predicted molar refractivity (Wildman–Crippen MR) is 70.0 cm³/mol. The first-order valence-corrected chi connectivity index (χ1v) is 7.81. The summed E-state index contributed by atoms with van der Waals surface area (Å²) >= 11 is 0. The van der Waals surface area contributed by atoms with Gasteiger partial charge in [-0.15, -0.1) is 0 Å². The first kappa shape index (κ1) is 15.9. The molecule has 0 aliphatic carbocycles. The van der Waals surface area contributed by atoms with Crippen molar-refractivity contribution in [1.82, 2.24) is 4.31 Å². The van der Waals surface area contributed by atoms with Gasteiger partial charge in [0.05, 0.1) is 5.75 Å². The summed E-state index contributed by atoms with van der Waals surface area (Å²) in [4.78, 5) is 0. The summed E-state index contributed by atoms with van der Waals surface area (Å²) in [5, 5.41) is 0. The van der Waals surface area contributed by atoms with E-state index in [0.29, 0.717) is 18.8 Å². The minimum atomic E-state index is -3.02. The van der Waals surface area contributed by atoms with Gasteiger partial charge < -0.3 is 0 Å². The highest BCUT2D eigenvalue weighted by Crippen LogP contribution is 2.20. The zero-order chi connectivity index (χ0) is 12.8. The quantitative estimate of drug-likeness (QED) is 0.696. The van der Waals surface area contributed by atoms with Crippen molar-refractivity contribution >= 4 is 10.0 Å². The Bertz CT molecular complexity index is 278. The summed E-state index contributed by atoms with van der Waals surface area (Å²) in [5.74, 6) is 0.293. The molecule has 16 heavy (non-hydrogen) atoms. The van der Waals surface area contributed by atoms with Gasteiger partial charge >= 0.3 is 0 Å². The predicted octanol–water partition coefficient (Wildman–Crippen LogP) is 2.87. The molecular weight excluding hydrogens is 222 g/mol. The van der Waals surface area contributed by atoms with E-state index in [4.69, 9.17) is 0 Å². The number of rotatable bonds is 7. The number of hydrogen-bond acceptors (Lipinski definition) is 2. The molecule has 0 bridgehead atoms. The van der Waals surface area contributed by atoms with E-state index in [1.807, 2.05) is 13.8 Å². The van der Waals surface area contributed by atoms with Gasteiger partial charge in [0, 0.05) is 13.1 Å². The van der Waals surface area contributed by atoms with E-state index in [-0.39, 0.29) is 5.41 Å². The molecule has 0 amide bonds. The van der Waals surface area contributed by atoms with E-state index in [9.17, 15) is 8.42 Å². The van der Waals surface area contributed by atoms with Crippen LogP contribution in [0.3, 0.4) is 0 Å². The highest BCUT2D eigenvalue weighted by atomic mass is 32.2. The lowest BCUT2D eigenvalue weighted by Crippen LogP contribution is -2.35. The number of unbranched alkanes of at least 4 members (excludes halogenated alkanes) is 1. The first-order valence-electron chi connectivity index (χ1n) is 6.20. The van der Waals surface area contributed by atoms with Gasteiger partial charge in [-0.1, -0.05) is 41.0 Å². The van der Waals surface area contributed by atoms with E-state index in [1.54, 1.807) is 4.31 Å². The molecule has 0 aromatic heterocycles. The molecule has 0 N–H and O–H groups in total. The second-order valence-corrected chi connectivity index (χ2v) is 7.56. The summed E-state index contributed by atoms with van der Waals surface area (Å²) in [5.41, 5.74) is 0.188. The van der Waals surface area contributed by atoms with Crippen molar-refractivity contribution in [3.63, 3.8) is 0 Å². The summed E-state index contributed by atoms with van der Waals surface area (Å²) < 4.78 is 25.5. The number of nitrogens with zero attached hydrogens (tertiary/aromatic N) is 1. The Morgan fingerprint density at radius 2 is 1.69 bits per heavy atom. The lowest BCUT2D eigenvalue weighted by Gasteiger charge is -2.25. The molecule has 0 atom stereocenters. The van der Waals surface area contributed by atoms with Crippen LogP contribution in [0.4, 0.5) is 0 Å². The third-order valence-electron chi connectivity index (χ3n) is 2.61. The van der Waals surface area contributed by atoms with Crippen LogP contribution >= 0.6 is 0 Å². The minimum absolute atomic E-state index is 0.188. The Morgan fingerprint density at radius 3 is 2.06 bits per heavy atom. The van der Waals surface area contributed by atoms with Gasteiger partial charge in [0.25, 0.3) is 0 Å². The van der Waals surface area contributed by atoms with Gasteiger partial charge in [0.1, 0.15) is 0 Å². The van der Waals surface area contributed by atoms with Crippen LogP contribution in [0.1, 0.15) is 53.9 Å². The van der Waals surface area contributed by atoms with Crippen molar-refractivity contribution in [2.24, 2.45) is 5.41 Å². The molecule has 0 unspecified atom stereocenters. The fourth-order valence-corrected chi connectivity index (χ4v) is 3.08. The molecule has 3 nitrogen and oxygen atoms in total. The van der Waals surface area contributed by atoms with Crippen molar-refractivity contribution in [2.45, 2.75) is 53.9 Å². The number of sulfonamides is 1. The molecule has 0 heterocycles. The summed E-state index contributed by atoms with van der Waals surface area (Å²) in [7, 11) is -3.02. The van der Waals surface area contributed by atoms with Gasteiger partial charge in [-0.05, 0) is 18.3 Å². The molecule has 0 spiro atoms. The van der Waals surface area contributed by atoms with Gasteiger partial charge in [-0.2, -0.15) is 0 Å². The number of hydrogen-bond donors (Lipinski definition) is 0. The van der Waals surface area contributed by atoms with E-state index in [2.05, 4.69) is 20.8 Å². The van der Waals surface area contributed by atoms with Gasteiger partial charge in [-0.25, -0.2) is 12.7 Å². The average Bonchev–Trinajstić information content (AvgIpc) is 2.13. The maximum atomic E-state index is 12.0. The van der Waals surface area contributed by atoms with Crippen molar-refractivity contribution in [1.29, 1.82) is 0 Å². The molecule has 0 saturated carbocycles. The molecule has 0 aliphatic rings. The van der Waals surface area contributed by atoms with Gasteiger partial charge in [0.2, 0.25) is 10.0 Å². The van der Waals surface area contributed by atoms with Crippen LogP contribution < -0.4 is 0 Å². The Labute approximate surface area is 101 Å². The van der Waals surface area contributed by atoms with E-state index >= 15 is 0 Å². The molecule has 0 fully saturated rings. The fourth-order valence-electron chi connectivity index (χ4n) is 1.41. The van der Waals surface area contributed by atoms with Crippen molar-refractivity contribution in [3.05, 3.63) is 0 Å². The van der Waals surface area contributed by atoms with E-state index < -0.39 is 10.0 Å². The molecular formula is C12H27NO2S. The highest BCUT2D eigenvalue weighted by Gasteiger charge is 2.21. The normalized spacial score (nSPS) is 13.4. The van der Waals surface area contributed by atoms with Crippen LogP contribution in [0.15, 0.2) is 0 Å². The van der Waals surface area contributed by atoms with Crippen molar-refractivity contribution in [3.8, 4) is 0 Å². The molecule has 0 aliphatic heterocycles. The van der Waals surface area contributed by atoms with Crippen LogP contribution in [0.25, 0.3) is 0 Å². The van der Waals surface area contributed by atoms with Crippen molar-refractivity contribution < 1.29 is 8.42 Å². The van der Waals surface area contributed by atoms with Crippen LogP contribution in [-0.4, -0.2) is 31.6 Å². The summed E-state index contributed by atoms with van der Waals surface area (Å²) in [6, 6.07) is 0. The van der Waals surface area contributed by atoms with E-state index in [0.717, 1.165) is 19.3 Å². The smallest absolute Gasteiger partial charge is 0.212 e.